The van der Waals surface area contributed by atoms with Crippen LogP contribution in [0.3, 0.4) is 0 Å². The van der Waals surface area contributed by atoms with Gasteiger partial charge in [-0.05, 0) is 42.8 Å². The number of anilines is 1. The van der Waals surface area contributed by atoms with Gasteiger partial charge in [0.15, 0.2) is 0 Å². The number of hydrogen-bond acceptors (Lipinski definition) is 5. The smallest absolute Gasteiger partial charge is 0.266 e. The highest BCUT2D eigenvalue weighted by Gasteiger charge is 2.32. The van der Waals surface area contributed by atoms with Crippen molar-refractivity contribution >= 4 is 51.9 Å². The van der Waals surface area contributed by atoms with Gasteiger partial charge in [-0.2, -0.15) is 0 Å². The number of hydrogen-bond donors (Lipinski definition) is 1. The largest absolute Gasteiger partial charge is 0.497 e. The van der Waals surface area contributed by atoms with Gasteiger partial charge in [0.05, 0.1) is 12.0 Å². The fraction of sp³-hybridized carbons (Fsp3) is 0.190. The number of thioether (sulfide) groups is 1. The lowest BCUT2D eigenvalue weighted by molar-refractivity contribution is -0.122. The lowest BCUT2D eigenvalue weighted by Gasteiger charge is -2.14. The Balaban J connectivity index is 1.57. The van der Waals surface area contributed by atoms with Crippen LogP contribution < -0.4 is 10.1 Å². The van der Waals surface area contributed by atoms with E-state index in [2.05, 4.69) is 5.32 Å². The molecular weight excluding hydrogens is 392 g/mol. The number of aryl methyl sites for hydroxylation is 1. The molecule has 1 aliphatic rings. The minimum absolute atomic E-state index is 0.159. The number of amides is 2. The van der Waals surface area contributed by atoms with Crippen LogP contribution in [0.15, 0.2) is 53.4 Å². The highest BCUT2D eigenvalue weighted by atomic mass is 32.2. The van der Waals surface area contributed by atoms with E-state index in [9.17, 15) is 9.59 Å². The molecule has 5 nitrogen and oxygen atoms in total. The van der Waals surface area contributed by atoms with Crippen molar-refractivity contribution in [3.8, 4) is 5.75 Å². The van der Waals surface area contributed by atoms with Gasteiger partial charge in [-0.15, -0.1) is 0 Å². The van der Waals surface area contributed by atoms with Crippen LogP contribution in [0.25, 0.3) is 6.08 Å². The molecule has 0 bridgehead atoms. The number of nitrogens with zero attached hydrogens (tertiary/aromatic N) is 1. The molecule has 144 valence electrons. The molecular formula is C21H20N2O3S2. The van der Waals surface area contributed by atoms with Crippen molar-refractivity contribution in [3.63, 3.8) is 0 Å². The molecule has 1 aliphatic heterocycles. The maximum Gasteiger partial charge on any atom is 0.266 e. The number of benzene rings is 2. The van der Waals surface area contributed by atoms with Gasteiger partial charge in [0, 0.05) is 18.7 Å². The molecule has 2 amide bonds. The van der Waals surface area contributed by atoms with Crippen LogP contribution in [0.4, 0.5) is 5.69 Å². The van der Waals surface area contributed by atoms with Gasteiger partial charge < -0.3 is 10.1 Å². The zero-order valence-electron chi connectivity index (χ0n) is 15.6. The average molecular weight is 413 g/mol. The quantitative estimate of drug-likeness (QED) is 0.568. The first-order valence-electron chi connectivity index (χ1n) is 8.72. The summed E-state index contributed by atoms with van der Waals surface area (Å²) < 4.78 is 5.57. The highest BCUT2D eigenvalue weighted by molar-refractivity contribution is 8.26. The predicted molar refractivity (Wildman–Crippen MR) is 117 cm³/mol. The van der Waals surface area contributed by atoms with Gasteiger partial charge in [-0.1, -0.05) is 53.8 Å². The molecule has 2 aromatic carbocycles. The minimum atomic E-state index is -0.179. The molecule has 1 fully saturated rings. The van der Waals surface area contributed by atoms with Gasteiger partial charge in [0.2, 0.25) is 5.91 Å². The van der Waals surface area contributed by atoms with Crippen molar-refractivity contribution in [2.75, 3.05) is 19.0 Å². The van der Waals surface area contributed by atoms with Crippen LogP contribution >= 0.6 is 24.0 Å². The first-order chi connectivity index (χ1) is 13.5. The third kappa shape index (κ3) is 4.99. The summed E-state index contributed by atoms with van der Waals surface area (Å²) in [5, 5.41) is 2.81. The summed E-state index contributed by atoms with van der Waals surface area (Å²) in [5.74, 6) is 0.380. The summed E-state index contributed by atoms with van der Waals surface area (Å²) >= 11 is 6.59. The third-order valence-corrected chi connectivity index (χ3v) is 5.56. The van der Waals surface area contributed by atoms with Crippen molar-refractivity contribution < 1.29 is 14.3 Å². The number of carbonyl (C=O) groups is 2. The van der Waals surface area contributed by atoms with E-state index >= 15 is 0 Å². The minimum Gasteiger partial charge on any atom is -0.497 e. The molecule has 1 heterocycles. The second-order valence-corrected chi connectivity index (χ2v) is 7.95. The van der Waals surface area contributed by atoms with Crippen LogP contribution in [-0.4, -0.2) is 34.7 Å². The Morgan fingerprint density at radius 3 is 2.50 bits per heavy atom. The third-order valence-electron chi connectivity index (χ3n) is 4.18. The zero-order chi connectivity index (χ0) is 20.1. The van der Waals surface area contributed by atoms with Crippen molar-refractivity contribution in [3.05, 3.63) is 64.6 Å². The summed E-state index contributed by atoms with van der Waals surface area (Å²) in [4.78, 5) is 26.9. The van der Waals surface area contributed by atoms with Gasteiger partial charge in [-0.3, -0.25) is 14.5 Å². The molecule has 1 saturated heterocycles. The van der Waals surface area contributed by atoms with Crippen LogP contribution in [0.5, 0.6) is 5.75 Å². The number of rotatable bonds is 6. The number of thiocarbonyl (C=S) groups is 1. The first kappa shape index (κ1) is 20.1. The standard InChI is InChI=1S/C21H20N2O3S2/c1-14-3-5-15(6-4-14)13-18-20(25)23(21(27)28-18)12-11-19(24)22-16-7-9-17(26-2)10-8-16/h3-10,13H,11-12H2,1-2H3,(H,22,24)/b18-13-. The summed E-state index contributed by atoms with van der Waals surface area (Å²) in [7, 11) is 1.59. The Morgan fingerprint density at radius 1 is 1.18 bits per heavy atom. The first-order valence-corrected chi connectivity index (χ1v) is 9.94. The van der Waals surface area contributed by atoms with E-state index in [1.165, 1.54) is 16.7 Å². The van der Waals surface area contributed by atoms with Crippen molar-refractivity contribution in [2.45, 2.75) is 13.3 Å². The van der Waals surface area contributed by atoms with Crippen molar-refractivity contribution in [1.82, 2.24) is 4.90 Å². The maximum absolute atomic E-state index is 12.6. The predicted octanol–water partition coefficient (Wildman–Crippen LogP) is 4.23. The summed E-state index contributed by atoms with van der Waals surface area (Å²) in [6, 6.07) is 15.0. The lowest BCUT2D eigenvalue weighted by Crippen LogP contribution is -2.31. The normalized spacial score (nSPS) is 15.2. The number of carbonyl (C=O) groups excluding carboxylic acids is 2. The summed E-state index contributed by atoms with van der Waals surface area (Å²) in [6.07, 6.45) is 1.99. The van der Waals surface area contributed by atoms with E-state index < -0.39 is 0 Å². The molecule has 0 aromatic heterocycles. The Hall–Kier alpha value is -2.64. The Bertz CT molecular complexity index is 922. The van der Waals surface area contributed by atoms with E-state index in [1.807, 2.05) is 37.3 Å². The number of ether oxygens (including phenoxy) is 1. The van der Waals surface area contributed by atoms with Crippen LogP contribution in [0.2, 0.25) is 0 Å². The maximum atomic E-state index is 12.6. The van der Waals surface area contributed by atoms with Crippen molar-refractivity contribution in [2.24, 2.45) is 0 Å². The molecule has 28 heavy (non-hydrogen) atoms. The van der Waals surface area contributed by atoms with Gasteiger partial charge >= 0.3 is 0 Å². The topological polar surface area (TPSA) is 58.6 Å². The van der Waals surface area contributed by atoms with E-state index in [0.717, 1.165) is 16.9 Å². The molecule has 0 atom stereocenters. The van der Waals surface area contributed by atoms with Crippen molar-refractivity contribution in [1.29, 1.82) is 0 Å². The number of nitrogens with one attached hydrogen (secondary N) is 1. The number of methoxy groups -OCH3 is 1. The molecule has 1 N–H and O–H groups in total. The van der Waals surface area contributed by atoms with Crippen LogP contribution in [0.1, 0.15) is 17.5 Å². The SMILES string of the molecule is COc1ccc(NC(=O)CCN2C(=O)/C(=C/c3ccc(C)cc3)SC2=S)cc1. The monoisotopic (exact) mass is 412 g/mol. The van der Waals surface area contributed by atoms with Gasteiger partial charge in [0.25, 0.3) is 5.91 Å². The molecule has 0 saturated carbocycles. The molecule has 0 unspecified atom stereocenters. The van der Waals surface area contributed by atoms with E-state index in [-0.39, 0.29) is 24.8 Å². The average Bonchev–Trinajstić information content (AvgIpc) is 2.95. The molecule has 7 heteroatoms. The highest BCUT2D eigenvalue weighted by Crippen LogP contribution is 2.32. The molecule has 0 aliphatic carbocycles. The molecule has 3 rings (SSSR count). The van der Waals surface area contributed by atoms with E-state index in [1.54, 1.807) is 31.4 Å². The molecule has 0 radical (unpaired) electrons. The Kier molecular flexibility index (Phi) is 6.49. The van der Waals surface area contributed by atoms with E-state index in [4.69, 9.17) is 17.0 Å². The molecule has 0 spiro atoms. The second-order valence-electron chi connectivity index (χ2n) is 6.27. The fourth-order valence-corrected chi connectivity index (χ4v) is 3.93. The Morgan fingerprint density at radius 2 is 1.86 bits per heavy atom. The van der Waals surface area contributed by atoms with E-state index in [0.29, 0.717) is 14.9 Å². The van der Waals surface area contributed by atoms with Crippen LogP contribution in [0, 0.1) is 6.92 Å². The fourth-order valence-electron chi connectivity index (χ4n) is 2.62. The molecule has 2 aromatic rings. The second kappa shape index (κ2) is 9.03. The Labute approximate surface area is 173 Å². The van der Waals surface area contributed by atoms with Gasteiger partial charge in [-0.25, -0.2) is 0 Å². The lowest BCUT2D eigenvalue weighted by atomic mass is 10.1. The zero-order valence-corrected chi connectivity index (χ0v) is 17.2. The summed E-state index contributed by atoms with van der Waals surface area (Å²) in [6.45, 7) is 2.26. The van der Waals surface area contributed by atoms with Gasteiger partial charge in [0.1, 0.15) is 10.1 Å². The van der Waals surface area contributed by atoms with Crippen LogP contribution in [-0.2, 0) is 9.59 Å². The summed E-state index contributed by atoms with van der Waals surface area (Å²) in [5.41, 5.74) is 2.78.